The summed E-state index contributed by atoms with van der Waals surface area (Å²) in [7, 11) is 0. The van der Waals surface area contributed by atoms with E-state index in [1.165, 1.54) is 42.5 Å². The van der Waals surface area contributed by atoms with Crippen LogP contribution in [-0.4, -0.2) is 73.1 Å². The Kier molecular flexibility index (Phi) is 10.4. The molecule has 0 bridgehead atoms. The number of aliphatic hydroxyl groups excluding tert-OH is 1. The molecule has 4 rings (SSSR count). The lowest BCUT2D eigenvalue weighted by molar-refractivity contribution is -0.284. The van der Waals surface area contributed by atoms with Crippen molar-refractivity contribution in [3.8, 4) is 0 Å². The summed E-state index contributed by atoms with van der Waals surface area (Å²) in [6.45, 7) is 2.72. The minimum atomic E-state index is -1.70. The van der Waals surface area contributed by atoms with Gasteiger partial charge in [-0.25, -0.2) is 19.2 Å². The number of hydrogen-bond acceptors (Lipinski definition) is 11. The van der Waals surface area contributed by atoms with Gasteiger partial charge in [0.1, 0.15) is 25.4 Å². The number of benzene rings is 3. The Morgan fingerprint density at radius 2 is 1.14 bits per heavy atom. The number of aliphatic hydroxyl groups is 1. The highest BCUT2D eigenvalue weighted by Crippen LogP contribution is 2.29. The number of carbonyl (C=O) groups excluding carboxylic acids is 4. The van der Waals surface area contributed by atoms with Crippen molar-refractivity contribution < 1.29 is 52.7 Å². The molecule has 1 fully saturated rings. The second-order valence-corrected chi connectivity index (χ2v) is 8.94. The van der Waals surface area contributed by atoms with Gasteiger partial charge in [0.25, 0.3) is 0 Å². The number of carbonyl (C=O) groups is 4. The van der Waals surface area contributed by atoms with E-state index in [-0.39, 0.29) is 23.3 Å². The largest absolute Gasteiger partial charge is 0.508 e. The highest BCUT2D eigenvalue weighted by Gasteiger charge is 2.52. The Hall–Kier alpha value is -5.00. The van der Waals surface area contributed by atoms with Crippen LogP contribution >= 0.6 is 0 Å². The van der Waals surface area contributed by atoms with Gasteiger partial charge in [0.05, 0.1) is 16.7 Å². The van der Waals surface area contributed by atoms with Gasteiger partial charge >= 0.3 is 24.1 Å². The molecule has 0 spiro atoms. The smallest absolute Gasteiger partial charge is 0.452 e. The van der Waals surface area contributed by atoms with Crippen LogP contribution in [0.3, 0.4) is 0 Å². The Morgan fingerprint density at radius 3 is 1.62 bits per heavy atom. The van der Waals surface area contributed by atoms with Crippen LogP contribution in [0.15, 0.2) is 104 Å². The van der Waals surface area contributed by atoms with Crippen molar-refractivity contribution in [2.75, 3.05) is 13.2 Å². The van der Waals surface area contributed by atoms with Gasteiger partial charge in [-0.2, -0.15) is 0 Å². The minimum absolute atomic E-state index is 0.126. The van der Waals surface area contributed by atoms with Crippen LogP contribution < -0.4 is 0 Å². The molecule has 1 unspecified atom stereocenters. The monoisotopic (exact) mass is 576 g/mol. The molecule has 42 heavy (non-hydrogen) atoms. The fourth-order valence-corrected chi connectivity index (χ4v) is 3.98. The molecule has 0 radical (unpaired) electrons. The van der Waals surface area contributed by atoms with Crippen LogP contribution in [0.25, 0.3) is 0 Å². The number of ether oxygens (including phenoxy) is 6. The van der Waals surface area contributed by atoms with Crippen molar-refractivity contribution in [3.63, 3.8) is 0 Å². The molecular formula is C31H28O11. The first-order chi connectivity index (χ1) is 20.4. The summed E-state index contributed by atoms with van der Waals surface area (Å²) in [4.78, 5) is 51.1. The zero-order valence-corrected chi connectivity index (χ0v) is 22.3. The van der Waals surface area contributed by atoms with Crippen LogP contribution in [0.1, 0.15) is 31.1 Å². The summed E-state index contributed by atoms with van der Waals surface area (Å²) in [5.74, 6) is -2.57. The highest BCUT2D eigenvalue weighted by atomic mass is 16.8. The van der Waals surface area contributed by atoms with E-state index in [4.69, 9.17) is 28.4 Å². The maximum atomic E-state index is 13.1. The molecular weight excluding hydrogens is 548 g/mol. The van der Waals surface area contributed by atoms with Crippen LogP contribution in [-0.2, 0) is 28.4 Å². The quantitative estimate of drug-likeness (QED) is 0.214. The molecule has 1 saturated heterocycles. The Bertz CT molecular complexity index is 1360. The first-order valence-electron chi connectivity index (χ1n) is 12.9. The molecule has 0 saturated carbocycles. The Balaban J connectivity index is 1.65. The number of esters is 3. The molecule has 0 amide bonds. The summed E-state index contributed by atoms with van der Waals surface area (Å²) >= 11 is 0. The molecule has 3 aromatic rings. The first-order valence-corrected chi connectivity index (χ1v) is 12.9. The average molecular weight is 577 g/mol. The third kappa shape index (κ3) is 7.80. The van der Waals surface area contributed by atoms with Gasteiger partial charge in [0.15, 0.2) is 6.10 Å². The second-order valence-electron chi connectivity index (χ2n) is 8.94. The van der Waals surface area contributed by atoms with E-state index in [1.807, 2.05) is 0 Å². The lowest BCUT2D eigenvalue weighted by Gasteiger charge is -2.42. The lowest BCUT2D eigenvalue weighted by atomic mass is 9.98. The molecule has 1 aliphatic rings. The van der Waals surface area contributed by atoms with Crippen LogP contribution in [0.2, 0.25) is 0 Å². The van der Waals surface area contributed by atoms with Gasteiger partial charge < -0.3 is 33.5 Å². The molecule has 1 aliphatic heterocycles. The molecule has 0 aliphatic carbocycles. The summed E-state index contributed by atoms with van der Waals surface area (Å²) in [5, 5.41) is 11.3. The Morgan fingerprint density at radius 1 is 0.690 bits per heavy atom. The maximum Gasteiger partial charge on any atom is 0.508 e. The fourth-order valence-electron chi connectivity index (χ4n) is 3.98. The third-order valence-corrected chi connectivity index (χ3v) is 6.04. The summed E-state index contributed by atoms with van der Waals surface area (Å²) in [5.41, 5.74) is 0.436. The summed E-state index contributed by atoms with van der Waals surface area (Å²) in [6, 6.07) is 23.7. The van der Waals surface area contributed by atoms with Gasteiger partial charge in [-0.15, -0.1) is 0 Å². The fraction of sp³-hybridized carbons (Fsp3) is 0.226. The van der Waals surface area contributed by atoms with E-state index in [0.717, 1.165) is 0 Å². The highest BCUT2D eigenvalue weighted by molar-refractivity contribution is 5.91. The minimum Gasteiger partial charge on any atom is -0.452 e. The van der Waals surface area contributed by atoms with E-state index < -0.39 is 61.4 Å². The van der Waals surface area contributed by atoms with E-state index in [2.05, 4.69) is 6.58 Å². The average Bonchev–Trinajstić information content (AvgIpc) is 3.03. The second kappa shape index (κ2) is 14.6. The number of hydrogen-bond donors (Lipinski definition) is 1. The predicted octanol–water partition coefficient (Wildman–Crippen LogP) is 3.72. The van der Waals surface area contributed by atoms with Gasteiger partial charge in [-0.05, 0) is 36.4 Å². The third-order valence-electron chi connectivity index (χ3n) is 6.04. The number of rotatable bonds is 10. The van der Waals surface area contributed by atoms with Gasteiger partial charge in [0.2, 0.25) is 12.4 Å². The zero-order chi connectivity index (χ0) is 29.9. The van der Waals surface area contributed by atoms with Crippen LogP contribution in [0.5, 0.6) is 0 Å². The molecule has 5 atom stereocenters. The molecule has 0 aromatic heterocycles. The molecule has 1 N–H and O–H groups in total. The summed E-state index contributed by atoms with van der Waals surface area (Å²) in [6.07, 6.45) is -7.79. The zero-order valence-electron chi connectivity index (χ0n) is 22.3. The normalized spacial score (nSPS) is 21.3. The molecule has 3 aromatic carbocycles. The van der Waals surface area contributed by atoms with E-state index in [0.29, 0.717) is 0 Å². The maximum absolute atomic E-state index is 13.1. The first kappa shape index (κ1) is 30.0. The van der Waals surface area contributed by atoms with Gasteiger partial charge in [-0.1, -0.05) is 67.3 Å². The van der Waals surface area contributed by atoms with E-state index in [1.54, 1.807) is 54.6 Å². The van der Waals surface area contributed by atoms with Crippen LogP contribution in [0, 0.1) is 0 Å². The SMILES string of the molecule is C=CCOC(=O)OC[C@H]1OC(OC(=O)c2ccccc2)[C@H](OC(=O)c2ccccc2)[C@@H](OC(=O)c2ccccc2)[C@@H]1O. The van der Waals surface area contributed by atoms with Gasteiger partial charge in [0, 0.05) is 0 Å². The van der Waals surface area contributed by atoms with Crippen molar-refractivity contribution in [1.82, 2.24) is 0 Å². The van der Waals surface area contributed by atoms with Crippen LogP contribution in [0.4, 0.5) is 4.79 Å². The van der Waals surface area contributed by atoms with E-state index in [9.17, 15) is 24.3 Å². The van der Waals surface area contributed by atoms with Gasteiger partial charge in [-0.3, -0.25) is 0 Å². The predicted molar refractivity (Wildman–Crippen MR) is 145 cm³/mol. The lowest BCUT2D eigenvalue weighted by Crippen LogP contribution is -2.62. The molecule has 1 heterocycles. The summed E-state index contributed by atoms with van der Waals surface area (Å²) < 4.78 is 32.5. The van der Waals surface area contributed by atoms with Crippen molar-refractivity contribution in [3.05, 3.63) is 120 Å². The molecule has 11 heteroatoms. The standard InChI is InChI=1S/C31H28O11/c1-2-18-37-31(36)38-19-23-24(32)25(40-27(33)20-12-6-3-7-13-20)26(41-28(34)21-14-8-4-9-15-21)30(39-23)42-29(35)22-16-10-5-11-17-22/h2-17,23-26,30,32H,1,18-19H2/t23-,24-,25+,26-,30?/m1/s1. The Labute approximate surface area is 241 Å². The van der Waals surface area contributed by atoms with Crippen molar-refractivity contribution in [2.24, 2.45) is 0 Å². The van der Waals surface area contributed by atoms with Crippen molar-refractivity contribution in [2.45, 2.75) is 30.7 Å². The van der Waals surface area contributed by atoms with Crippen molar-refractivity contribution >= 4 is 24.1 Å². The van der Waals surface area contributed by atoms with E-state index >= 15 is 0 Å². The molecule has 11 nitrogen and oxygen atoms in total. The topological polar surface area (TPSA) is 144 Å². The van der Waals surface area contributed by atoms with Crippen molar-refractivity contribution in [1.29, 1.82) is 0 Å². The molecule has 218 valence electrons.